The van der Waals surface area contributed by atoms with Crippen LogP contribution in [0, 0.1) is 17.7 Å². The van der Waals surface area contributed by atoms with Crippen molar-refractivity contribution < 1.29 is 18.7 Å². The standard InChI is InChI=1S/C22H30FNO3/c23-20-3-1-2-18(14-20)15-21(25)24-10-8-22(9-11-24)19(7-13-27-22)6-12-26-16-17-4-5-17/h1-3,14,17,19H,4-13,15-16H2/t19-/m1/s1. The van der Waals surface area contributed by atoms with Gasteiger partial charge in [0.15, 0.2) is 0 Å². The summed E-state index contributed by atoms with van der Waals surface area (Å²) in [6.07, 6.45) is 6.88. The van der Waals surface area contributed by atoms with E-state index in [0.29, 0.717) is 5.92 Å². The second kappa shape index (κ2) is 8.27. The van der Waals surface area contributed by atoms with E-state index in [-0.39, 0.29) is 23.7 Å². The van der Waals surface area contributed by atoms with Crippen molar-refractivity contribution in [1.29, 1.82) is 0 Å². The predicted molar refractivity (Wildman–Crippen MR) is 101 cm³/mol. The fourth-order valence-electron chi connectivity index (χ4n) is 4.57. The molecule has 3 fully saturated rings. The molecular formula is C22H30FNO3. The molecule has 0 N–H and O–H groups in total. The van der Waals surface area contributed by atoms with Crippen molar-refractivity contribution in [1.82, 2.24) is 4.90 Å². The number of benzene rings is 1. The average molecular weight is 375 g/mol. The van der Waals surface area contributed by atoms with Gasteiger partial charge in [0.05, 0.1) is 12.0 Å². The molecule has 27 heavy (non-hydrogen) atoms. The lowest BCUT2D eigenvalue weighted by Crippen LogP contribution is -2.50. The minimum atomic E-state index is -0.288. The van der Waals surface area contributed by atoms with Gasteiger partial charge in [-0.2, -0.15) is 0 Å². The largest absolute Gasteiger partial charge is 0.381 e. The Morgan fingerprint density at radius 3 is 2.81 bits per heavy atom. The van der Waals surface area contributed by atoms with Crippen molar-refractivity contribution >= 4 is 5.91 Å². The van der Waals surface area contributed by atoms with E-state index in [1.165, 1.54) is 25.0 Å². The highest BCUT2D eigenvalue weighted by molar-refractivity contribution is 5.78. The fourth-order valence-corrected chi connectivity index (χ4v) is 4.57. The van der Waals surface area contributed by atoms with Crippen LogP contribution in [0.15, 0.2) is 24.3 Å². The van der Waals surface area contributed by atoms with Gasteiger partial charge in [0.1, 0.15) is 5.82 Å². The number of piperidine rings is 1. The van der Waals surface area contributed by atoms with Crippen molar-refractivity contribution in [2.45, 2.75) is 50.5 Å². The molecule has 2 aliphatic heterocycles. The minimum absolute atomic E-state index is 0.0709. The molecule has 1 amide bonds. The molecule has 1 atom stereocenters. The highest BCUT2D eigenvalue weighted by atomic mass is 19.1. The number of ether oxygens (including phenoxy) is 2. The Morgan fingerprint density at radius 2 is 2.07 bits per heavy atom. The molecule has 1 saturated carbocycles. The third kappa shape index (κ3) is 4.69. The van der Waals surface area contributed by atoms with Gasteiger partial charge < -0.3 is 14.4 Å². The van der Waals surface area contributed by atoms with Gasteiger partial charge in [-0.15, -0.1) is 0 Å². The zero-order valence-corrected chi connectivity index (χ0v) is 16.0. The number of carbonyl (C=O) groups excluding carboxylic acids is 1. The molecule has 1 aromatic rings. The quantitative estimate of drug-likeness (QED) is 0.684. The Balaban J connectivity index is 1.25. The van der Waals surface area contributed by atoms with E-state index in [4.69, 9.17) is 9.47 Å². The van der Waals surface area contributed by atoms with Crippen LogP contribution in [0.1, 0.15) is 44.1 Å². The van der Waals surface area contributed by atoms with E-state index in [2.05, 4.69) is 0 Å². The molecule has 1 spiro atoms. The average Bonchev–Trinajstić information content (AvgIpc) is 3.41. The van der Waals surface area contributed by atoms with Crippen molar-refractivity contribution in [3.8, 4) is 0 Å². The topological polar surface area (TPSA) is 38.8 Å². The first kappa shape index (κ1) is 18.9. The fraction of sp³-hybridized carbons (Fsp3) is 0.682. The zero-order valence-electron chi connectivity index (χ0n) is 16.0. The van der Waals surface area contributed by atoms with Crippen LogP contribution in [-0.4, -0.2) is 49.3 Å². The van der Waals surface area contributed by atoms with Crippen molar-refractivity contribution in [3.63, 3.8) is 0 Å². The Labute approximate surface area is 161 Å². The van der Waals surface area contributed by atoms with E-state index >= 15 is 0 Å². The molecule has 5 heteroatoms. The van der Waals surface area contributed by atoms with E-state index in [0.717, 1.165) is 70.1 Å². The first-order valence-electron chi connectivity index (χ1n) is 10.4. The molecule has 4 rings (SSSR count). The predicted octanol–water partition coefficient (Wildman–Crippen LogP) is 3.58. The molecule has 3 aliphatic rings. The van der Waals surface area contributed by atoms with Gasteiger partial charge in [0.25, 0.3) is 0 Å². The molecule has 0 aromatic heterocycles. The maximum atomic E-state index is 13.3. The van der Waals surface area contributed by atoms with E-state index < -0.39 is 0 Å². The summed E-state index contributed by atoms with van der Waals surface area (Å²) >= 11 is 0. The van der Waals surface area contributed by atoms with Gasteiger partial charge in [-0.05, 0) is 68.1 Å². The number of likely N-dealkylation sites (tertiary alicyclic amines) is 1. The summed E-state index contributed by atoms with van der Waals surface area (Å²) in [7, 11) is 0. The monoisotopic (exact) mass is 375 g/mol. The number of carbonyl (C=O) groups is 1. The lowest BCUT2D eigenvalue weighted by Gasteiger charge is -2.42. The molecular weight excluding hydrogens is 345 g/mol. The molecule has 4 nitrogen and oxygen atoms in total. The maximum absolute atomic E-state index is 13.3. The Morgan fingerprint density at radius 1 is 1.26 bits per heavy atom. The minimum Gasteiger partial charge on any atom is -0.381 e. The molecule has 148 valence electrons. The van der Waals surface area contributed by atoms with Crippen LogP contribution in [-0.2, 0) is 20.7 Å². The Kier molecular flexibility index (Phi) is 5.79. The third-order valence-corrected chi connectivity index (χ3v) is 6.47. The molecule has 0 unspecified atom stereocenters. The molecule has 0 radical (unpaired) electrons. The first-order chi connectivity index (χ1) is 13.1. The molecule has 2 saturated heterocycles. The van der Waals surface area contributed by atoms with Crippen LogP contribution in [0.5, 0.6) is 0 Å². The third-order valence-electron chi connectivity index (χ3n) is 6.47. The highest BCUT2D eigenvalue weighted by Crippen LogP contribution is 2.42. The number of halogens is 1. The zero-order chi connectivity index (χ0) is 18.7. The summed E-state index contributed by atoms with van der Waals surface area (Å²) in [5, 5.41) is 0. The second-order valence-electron chi connectivity index (χ2n) is 8.39. The van der Waals surface area contributed by atoms with Gasteiger partial charge >= 0.3 is 0 Å². The first-order valence-corrected chi connectivity index (χ1v) is 10.4. The number of rotatable bonds is 7. The Hall–Kier alpha value is -1.46. The summed E-state index contributed by atoms with van der Waals surface area (Å²) in [4.78, 5) is 14.5. The summed E-state index contributed by atoms with van der Waals surface area (Å²) < 4.78 is 25.4. The van der Waals surface area contributed by atoms with Crippen LogP contribution in [0.4, 0.5) is 4.39 Å². The van der Waals surface area contributed by atoms with Crippen molar-refractivity contribution in [3.05, 3.63) is 35.6 Å². The summed E-state index contributed by atoms with van der Waals surface area (Å²) in [5.74, 6) is 1.14. The van der Waals surface area contributed by atoms with E-state index in [1.807, 2.05) is 11.0 Å². The lowest BCUT2D eigenvalue weighted by molar-refractivity contribution is -0.137. The van der Waals surface area contributed by atoms with Crippen molar-refractivity contribution in [2.24, 2.45) is 11.8 Å². The highest BCUT2D eigenvalue weighted by Gasteiger charge is 2.46. The lowest BCUT2D eigenvalue weighted by atomic mass is 9.78. The molecule has 1 aliphatic carbocycles. The van der Waals surface area contributed by atoms with Crippen LogP contribution in [0.2, 0.25) is 0 Å². The van der Waals surface area contributed by atoms with Crippen LogP contribution in [0.25, 0.3) is 0 Å². The second-order valence-corrected chi connectivity index (χ2v) is 8.39. The van der Waals surface area contributed by atoms with Gasteiger partial charge in [-0.1, -0.05) is 12.1 Å². The van der Waals surface area contributed by atoms with Gasteiger partial charge in [-0.3, -0.25) is 4.79 Å². The summed E-state index contributed by atoms with van der Waals surface area (Å²) in [6.45, 7) is 4.03. The number of hydrogen-bond donors (Lipinski definition) is 0. The van der Waals surface area contributed by atoms with Gasteiger partial charge in [0, 0.05) is 32.9 Å². The summed E-state index contributed by atoms with van der Waals surface area (Å²) in [5.41, 5.74) is 0.668. The number of hydrogen-bond acceptors (Lipinski definition) is 3. The summed E-state index contributed by atoms with van der Waals surface area (Å²) in [6, 6.07) is 6.32. The molecule has 1 aromatic carbocycles. The van der Waals surface area contributed by atoms with E-state index in [1.54, 1.807) is 6.07 Å². The molecule has 2 heterocycles. The van der Waals surface area contributed by atoms with Gasteiger partial charge in [-0.25, -0.2) is 4.39 Å². The Bertz CT molecular complexity index is 653. The smallest absolute Gasteiger partial charge is 0.226 e. The number of amides is 1. The number of nitrogens with zero attached hydrogens (tertiary/aromatic N) is 1. The van der Waals surface area contributed by atoms with Crippen LogP contribution in [0.3, 0.4) is 0 Å². The molecule has 0 bridgehead atoms. The van der Waals surface area contributed by atoms with E-state index in [9.17, 15) is 9.18 Å². The SMILES string of the molecule is O=C(Cc1cccc(F)c1)N1CCC2(CC1)OCC[C@H]2CCOCC1CC1. The van der Waals surface area contributed by atoms with Crippen LogP contribution >= 0.6 is 0 Å². The van der Waals surface area contributed by atoms with Crippen LogP contribution < -0.4 is 0 Å². The normalized spacial score (nSPS) is 24.5. The van der Waals surface area contributed by atoms with Gasteiger partial charge in [0.2, 0.25) is 5.91 Å². The maximum Gasteiger partial charge on any atom is 0.226 e. The van der Waals surface area contributed by atoms with Crippen molar-refractivity contribution in [2.75, 3.05) is 32.9 Å².